The van der Waals surface area contributed by atoms with Gasteiger partial charge in [-0.3, -0.25) is 0 Å². The van der Waals surface area contributed by atoms with Crippen LogP contribution in [0.4, 0.5) is 0 Å². The van der Waals surface area contributed by atoms with E-state index in [1.165, 1.54) is 4.31 Å². The number of hydrogen-bond donors (Lipinski definition) is 2. The fourth-order valence-corrected chi connectivity index (χ4v) is 6.45. The van der Waals surface area contributed by atoms with Gasteiger partial charge in [-0.05, 0) is 43.2 Å². The van der Waals surface area contributed by atoms with Gasteiger partial charge in [0.15, 0.2) is 0 Å². The lowest BCUT2D eigenvalue weighted by Crippen LogP contribution is -2.47. The summed E-state index contributed by atoms with van der Waals surface area (Å²) in [5.41, 5.74) is 1.25. The third-order valence-corrected chi connectivity index (χ3v) is 7.51. The van der Waals surface area contributed by atoms with Crippen molar-refractivity contribution >= 4 is 20.2 Å². The van der Waals surface area contributed by atoms with E-state index in [2.05, 4.69) is 23.3 Å². The summed E-state index contributed by atoms with van der Waals surface area (Å²) in [6, 6.07) is 6.81. The van der Waals surface area contributed by atoms with Crippen molar-refractivity contribution in [2.24, 2.45) is 11.8 Å². The van der Waals surface area contributed by atoms with E-state index in [0.29, 0.717) is 36.1 Å². The maximum Gasteiger partial charge on any atom is 0.279 e. The molecule has 9 heteroatoms. The Labute approximate surface area is 163 Å². The van der Waals surface area contributed by atoms with Crippen molar-refractivity contribution in [1.29, 1.82) is 0 Å². The molecule has 1 aromatic carbocycles. The monoisotopic (exact) mass is 417 g/mol. The molecule has 1 heterocycles. The summed E-state index contributed by atoms with van der Waals surface area (Å²) in [6.45, 7) is 8.72. The van der Waals surface area contributed by atoms with Crippen molar-refractivity contribution in [2.75, 3.05) is 13.1 Å². The van der Waals surface area contributed by atoms with Crippen LogP contribution in [-0.4, -0.2) is 40.3 Å². The quantitative estimate of drug-likeness (QED) is 0.674. The van der Waals surface area contributed by atoms with Gasteiger partial charge >= 0.3 is 0 Å². The lowest BCUT2D eigenvalue weighted by molar-refractivity contribution is 0.220. The second kappa shape index (κ2) is 9.00. The van der Waals surface area contributed by atoms with E-state index in [0.717, 1.165) is 6.42 Å². The van der Waals surface area contributed by atoms with E-state index in [4.69, 9.17) is 0 Å². The zero-order valence-electron chi connectivity index (χ0n) is 16.5. The van der Waals surface area contributed by atoms with E-state index in [-0.39, 0.29) is 18.3 Å². The van der Waals surface area contributed by atoms with Crippen molar-refractivity contribution in [3.63, 3.8) is 0 Å². The van der Waals surface area contributed by atoms with Crippen LogP contribution in [0.25, 0.3) is 0 Å². The van der Waals surface area contributed by atoms with Crippen LogP contribution in [0, 0.1) is 11.8 Å². The van der Waals surface area contributed by atoms with Gasteiger partial charge in [-0.2, -0.15) is 17.4 Å². The molecule has 1 aromatic rings. The summed E-state index contributed by atoms with van der Waals surface area (Å²) >= 11 is 0. The molecule has 7 nitrogen and oxygen atoms in total. The Morgan fingerprint density at radius 3 is 2.15 bits per heavy atom. The van der Waals surface area contributed by atoms with Crippen LogP contribution in [0.5, 0.6) is 0 Å². The maximum absolute atomic E-state index is 12.7. The molecular weight excluding hydrogens is 386 g/mol. The first kappa shape index (κ1) is 22.3. The topological polar surface area (TPSA) is 95.6 Å². The van der Waals surface area contributed by atoms with Crippen LogP contribution in [0.3, 0.4) is 0 Å². The van der Waals surface area contributed by atoms with Crippen LogP contribution < -0.4 is 9.44 Å². The normalized spacial score (nSPS) is 22.3. The summed E-state index contributed by atoms with van der Waals surface area (Å²) in [6.07, 6.45) is 1.02. The molecule has 2 atom stereocenters. The Morgan fingerprint density at radius 2 is 1.59 bits per heavy atom. The van der Waals surface area contributed by atoms with Crippen LogP contribution in [0.1, 0.15) is 45.2 Å². The Kier molecular flexibility index (Phi) is 7.43. The van der Waals surface area contributed by atoms with Gasteiger partial charge in [-0.1, -0.05) is 38.1 Å². The van der Waals surface area contributed by atoms with Gasteiger partial charge in [0.05, 0.1) is 5.75 Å². The van der Waals surface area contributed by atoms with Crippen molar-refractivity contribution in [3.05, 3.63) is 35.4 Å². The van der Waals surface area contributed by atoms with Gasteiger partial charge in [-0.25, -0.2) is 13.1 Å². The molecule has 1 aliphatic rings. The average molecular weight is 418 g/mol. The highest BCUT2D eigenvalue weighted by atomic mass is 32.2. The zero-order chi connectivity index (χ0) is 20.2. The highest BCUT2D eigenvalue weighted by molar-refractivity contribution is 7.88. The molecule has 154 valence electrons. The molecule has 0 aliphatic carbocycles. The van der Waals surface area contributed by atoms with Gasteiger partial charge in [0.1, 0.15) is 0 Å². The zero-order valence-corrected chi connectivity index (χ0v) is 18.1. The van der Waals surface area contributed by atoms with Crippen molar-refractivity contribution < 1.29 is 16.8 Å². The summed E-state index contributed by atoms with van der Waals surface area (Å²) in [7, 11) is -7.09. The predicted molar refractivity (Wildman–Crippen MR) is 108 cm³/mol. The lowest BCUT2D eigenvalue weighted by atomic mass is 9.94. The molecular formula is C18H31N3O4S2. The number of rotatable bonds is 8. The Bertz CT molecular complexity index is 828. The van der Waals surface area contributed by atoms with Crippen LogP contribution >= 0.6 is 0 Å². The first-order chi connectivity index (χ1) is 12.5. The number of piperidine rings is 1. The standard InChI is InChI=1S/C18H31N3O4S2/c1-14(2)20-26(22,23)13-18-8-6-5-7-17(18)10-19-27(24,25)21-11-15(3)9-16(4)12-21/h5-8,14-16,19-20H,9-13H2,1-4H3/t15-,16-/m0/s1. The third kappa shape index (κ3) is 6.83. The van der Waals surface area contributed by atoms with Crippen molar-refractivity contribution in [2.45, 2.75) is 52.5 Å². The van der Waals surface area contributed by atoms with E-state index in [9.17, 15) is 16.8 Å². The minimum Gasteiger partial charge on any atom is -0.212 e. The molecule has 0 aromatic heterocycles. The minimum absolute atomic E-state index is 0.0645. The highest BCUT2D eigenvalue weighted by Gasteiger charge is 2.30. The smallest absolute Gasteiger partial charge is 0.212 e. The summed E-state index contributed by atoms with van der Waals surface area (Å²) in [5.74, 6) is 0.468. The van der Waals surface area contributed by atoms with Gasteiger partial charge in [0.25, 0.3) is 10.2 Å². The number of hydrogen-bond acceptors (Lipinski definition) is 4. The van der Waals surface area contributed by atoms with E-state index >= 15 is 0 Å². The molecule has 1 saturated heterocycles. The number of benzene rings is 1. The third-order valence-electron chi connectivity index (χ3n) is 4.50. The average Bonchev–Trinajstić information content (AvgIpc) is 2.51. The van der Waals surface area contributed by atoms with Crippen molar-refractivity contribution in [1.82, 2.24) is 13.7 Å². The maximum atomic E-state index is 12.7. The first-order valence-corrected chi connectivity index (χ1v) is 12.4. The Hall–Kier alpha value is -1.00. The first-order valence-electron chi connectivity index (χ1n) is 9.30. The highest BCUT2D eigenvalue weighted by Crippen LogP contribution is 2.23. The number of nitrogens with one attached hydrogen (secondary N) is 2. The number of nitrogens with zero attached hydrogens (tertiary/aromatic N) is 1. The summed E-state index contributed by atoms with van der Waals surface area (Å²) in [4.78, 5) is 0. The molecule has 0 unspecified atom stereocenters. The SMILES string of the molecule is CC(C)NS(=O)(=O)Cc1ccccc1CNS(=O)(=O)N1C[C@@H](C)C[C@H](C)C1. The molecule has 2 N–H and O–H groups in total. The molecule has 0 radical (unpaired) electrons. The molecule has 2 rings (SSSR count). The Balaban J connectivity index is 2.10. The van der Waals surface area contributed by atoms with E-state index in [1.54, 1.807) is 38.1 Å². The largest absolute Gasteiger partial charge is 0.279 e. The molecule has 0 amide bonds. The van der Waals surface area contributed by atoms with Gasteiger partial charge < -0.3 is 0 Å². The second-order valence-electron chi connectivity index (χ2n) is 7.89. The predicted octanol–water partition coefficient (Wildman–Crippen LogP) is 1.83. The fraction of sp³-hybridized carbons (Fsp3) is 0.667. The van der Waals surface area contributed by atoms with E-state index in [1.807, 2.05) is 0 Å². The lowest BCUT2D eigenvalue weighted by Gasteiger charge is -2.34. The van der Waals surface area contributed by atoms with Crippen LogP contribution in [0.2, 0.25) is 0 Å². The molecule has 1 aliphatic heterocycles. The molecule has 0 saturated carbocycles. The van der Waals surface area contributed by atoms with E-state index < -0.39 is 20.2 Å². The van der Waals surface area contributed by atoms with Gasteiger partial charge in [0, 0.05) is 25.7 Å². The van der Waals surface area contributed by atoms with Gasteiger partial charge in [-0.15, -0.1) is 0 Å². The Morgan fingerprint density at radius 1 is 1.04 bits per heavy atom. The fourth-order valence-electron chi connectivity index (χ4n) is 3.54. The molecule has 0 spiro atoms. The van der Waals surface area contributed by atoms with Crippen molar-refractivity contribution in [3.8, 4) is 0 Å². The minimum atomic E-state index is -3.61. The number of sulfonamides is 1. The molecule has 27 heavy (non-hydrogen) atoms. The summed E-state index contributed by atoms with van der Waals surface area (Å²) in [5, 5.41) is 0. The van der Waals surface area contributed by atoms with Crippen LogP contribution in [-0.2, 0) is 32.5 Å². The summed E-state index contributed by atoms with van der Waals surface area (Å²) < 4.78 is 56.5. The van der Waals surface area contributed by atoms with Gasteiger partial charge in [0.2, 0.25) is 10.0 Å². The second-order valence-corrected chi connectivity index (χ2v) is 11.4. The molecule has 1 fully saturated rings. The van der Waals surface area contributed by atoms with Crippen LogP contribution in [0.15, 0.2) is 24.3 Å². The molecule has 0 bridgehead atoms.